The Hall–Kier alpha value is -4.21. The summed E-state index contributed by atoms with van der Waals surface area (Å²) in [5.41, 5.74) is 1.98. The lowest BCUT2D eigenvalue weighted by Crippen LogP contribution is -2.23. The molecule has 10 heteroatoms. The molecule has 1 saturated carbocycles. The Morgan fingerprint density at radius 1 is 1.12 bits per heavy atom. The number of carbonyl (C=O) groups is 2. The molecule has 1 aliphatic carbocycles. The first-order valence-electron chi connectivity index (χ1n) is 10.6. The van der Waals surface area contributed by atoms with Crippen molar-refractivity contribution in [2.45, 2.75) is 25.2 Å². The van der Waals surface area contributed by atoms with Crippen molar-refractivity contribution in [3.8, 4) is 5.69 Å². The van der Waals surface area contributed by atoms with Crippen LogP contribution in [0.4, 0.5) is 17.2 Å². The first kappa shape index (κ1) is 22.0. The zero-order valence-corrected chi connectivity index (χ0v) is 17.8. The molecule has 3 aromatic rings. The van der Waals surface area contributed by atoms with E-state index in [0.29, 0.717) is 17.4 Å². The van der Waals surface area contributed by atoms with E-state index in [-0.39, 0.29) is 18.7 Å². The molecule has 2 N–H and O–H groups in total. The van der Waals surface area contributed by atoms with E-state index >= 15 is 0 Å². The largest absolute Gasteiger partial charge is 0.456 e. The average molecular weight is 449 g/mol. The molecule has 0 atom stereocenters. The molecule has 1 amide bonds. The fourth-order valence-electron chi connectivity index (χ4n) is 3.31. The Bertz CT molecular complexity index is 1160. The smallest absolute Gasteiger partial charge is 0.308 e. The zero-order valence-electron chi connectivity index (χ0n) is 17.8. The summed E-state index contributed by atoms with van der Waals surface area (Å²) in [6.45, 7) is -0.306. The Morgan fingerprint density at radius 3 is 2.58 bits per heavy atom. The van der Waals surface area contributed by atoms with Crippen molar-refractivity contribution >= 4 is 29.1 Å². The number of nitrogens with zero attached hydrogens (tertiary/aromatic N) is 3. The number of benzene rings is 2. The SMILES string of the molecule is O=C(COC(=O)CCNc1ccccc1[N+](=O)[O-])Nc1cc(C2CC2)nn1-c1ccccc1. The van der Waals surface area contributed by atoms with Gasteiger partial charge in [0.2, 0.25) is 0 Å². The van der Waals surface area contributed by atoms with Gasteiger partial charge in [0.15, 0.2) is 6.61 Å². The average Bonchev–Trinajstić information content (AvgIpc) is 3.59. The van der Waals surface area contributed by atoms with Crippen LogP contribution in [-0.2, 0) is 14.3 Å². The van der Waals surface area contributed by atoms with Crippen LogP contribution in [-0.4, -0.2) is 39.7 Å². The fraction of sp³-hybridized carbons (Fsp3) is 0.261. The molecule has 0 aliphatic heterocycles. The number of rotatable bonds is 10. The molecular formula is C23H23N5O5. The summed E-state index contributed by atoms with van der Waals surface area (Å²) in [7, 11) is 0. The van der Waals surface area contributed by atoms with E-state index in [4.69, 9.17) is 4.74 Å². The highest BCUT2D eigenvalue weighted by molar-refractivity contribution is 5.92. The number of anilines is 2. The van der Waals surface area contributed by atoms with Crippen LogP contribution in [0.2, 0.25) is 0 Å². The van der Waals surface area contributed by atoms with E-state index in [1.807, 2.05) is 36.4 Å². The van der Waals surface area contributed by atoms with Gasteiger partial charge in [0.25, 0.3) is 11.6 Å². The van der Waals surface area contributed by atoms with Gasteiger partial charge in [-0.05, 0) is 31.0 Å². The summed E-state index contributed by atoms with van der Waals surface area (Å²) >= 11 is 0. The Labute approximate surface area is 189 Å². The van der Waals surface area contributed by atoms with Crippen molar-refractivity contribution in [2.75, 3.05) is 23.8 Å². The minimum atomic E-state index is -0.591. The summed E-state index contributed by atoms with van der Waals surface area (Å²) in [6.07, 6.45) is 2.11. The second-order valence-corrected chi connectivity index (χ2v) is 7.64. The third-order valence-corrected chi connectivity index (χ3v) is 5.10. The monoisotopic (exact) mass is 449 g/mol. The standard InChI is InChI=1S/C23H23N5O5/c29-22(15-33-23(30)12-13-24-18-8-4-5-9-20(18)28(31)32)25-21-14-19(16-10-11-16)26-27(21)17-6-2-1-3-7-17/h1-9,14,16,24H,10-13,15H2,(H,25,29). The first-order chi connectivity index (χ1) is 16.0. The number of amides is 1. The van der Waals surface area contributed by atoms with Crippen LogP contribution in [0.3, 0.4) is 0 Å². The van der Waals surface area contributed by atoms with Crippen LogP contribution in [0.25, 0.3) is 5.69 Å². The van der Waals surface area contributed by atoms with Crippen LogP contribution >= 0.6 is 0 Å². The normalized spacial score (nSPS) is 12.7. The number of nitro benzene ring substituents is 1. The van der Waals surface area contributed by atoms with Gasteiger partial charge in [-0.1, -0.05) is 30.3 Å². The van der Waals surface area contributed by atoms with Crippen LogP contribution < -0.4 is 10.6 Å². The minimum absolute atomic E-state index is 0.0485. The number of hydrogen-bond donors (Lipinski definition) is 2. The van der Waals surface area contributed by atoms with Crippen molar-refractivity contribution in [2.24, 2.45) is 0 Å². The highest BCUT2D eigenvalue weighted by Gasteiger charge is 2.28. The predicted molar refractivity (Wildman–Crippen MR) is 121 cm³/mol. The van der Waals surface area contributed by atoms with Crippen molar-refractivity contribution in [3.05, 3.63) is 76.5 Å². The molecule has 1 heterocycles. The lowest BCUT2D eigenvalue weighted by molar-refractivity contribution is -0.384. The molecule has 170 valence electrons. The third kappa shape index (κ3) is 5.73. The van der Waals surface area contributed by atoms with Gasteiger partial charge >= 0.3 is 5.97 Å². The maximum Gasteiger partial charge on any atom is 0.308 e. The number of carbonyl (C=O) groups excluding carboxylic acids is 2. The molecule has 0 spiro atoms. The van der Waals surface area contributed by atoms with Gasteiger partial charge in [-0.3, -0.25) is 19.7 Å². The Balaban J connectivity index is 1.28. The lowest BCUT2D eigenvalue weighted by atomic mass is 10.2. The topological polar surface area (TPSA) is 128 Å². The first-order valence-corrected chi connectivity index (χ1v) is 10.6. The lowest BCUT2D eigenvalue weighted by Gasteiger charge is -2.10. The van der Waals surface area contributed by atoms with E-state index in [9.17, 15) is 19.7 Å². The summed E-state index contributed by atoms with van der Waals surface area (Å²) in [5, 5.41) is 21.2. The summed E-state index contributed by atoms with van der Waals surface area (Å²) < 4.78 is 6.72. The highest BCUT2D eigenvalue weighted by atomic mass is 16.6. The molecule has 4 rings (SSSR count). The van der Waals surface area contributed by atoms with Crippen LogP contribution in [0.5, 0.6) is 0 Å². The van der Waals surface area contributed by atoms with E-state index in [0.717, 1.165) is 24.2 Å². The molecule has 0 unspecified atom stereocenters. The molecule has 1 aliphatic rings. The van der Waals surface area contributed by atoms with Gasteiger partial charge in [0, 0.05) is 24.6 Å². The molecule has 0 saturated heterocycles. The second kappa shape index (κ2) is 9.94. The van der Waals surface area contributed by atoms with Gasteiger partial charge in [-0.25, -0.2) is 4.68 Å². The van der Waals surface area contributed by atoms with Crippen molar-refractivity contribution in [3.63, 3.8) is 0 Å². The van der Waals surface area contributed by atoms with E-state index < -0.39 is 23.4 Å². The number of nitro groups is 1. The summed E-state index contributed by atoms with van der Waals surface area (Å²) in [6, 6.07) is 17.5. The number of ether oxygens (including phenoxy) is 1. The maximum absolute atomic E-state index is 12.4. The molecule has 0 radical (unpaired) electrons. The number of nitrogens with one attached hydrogen (secondary N) is 2. The second-order valence-electron chi connectivity index (χ2n) is 7.64. The van der Waals surface area contributed by atoms with E-state index in [1.54, 1.807) is 22.9 Å². The van der Waals surface area contributed by atoms with Crippen molar-refractivity contribution < 1.29 is 19.2 Å². The zero-order chi connectivity index (χ0) is 23.2. The quantitative estimate of drug-likeness (QED) is 0.275. The molecule has 33 heavy (non-hydrogen) atoms. The minimum Gasteiger partial charge on any atom is -0.456 e. The molecule has 10 nitrogen and oxygen atoms in total. The van der Waals surface area contributed by atoms with Gasteiger partial charge in [0.1, 0.15) is 11.5 Å². The van der Waals surface area contributed by atoms with Crippen molar-refractivity contribution in [1.82, 2.24) is 9.78 Å². The van der Waals surface area contributed by atoms with E-state index in [2.05, 4.69) is 15.7 Å². The number of hydrogen-bond acceptors (Lipinski definition) is 7. The molecule has 2 aromatic carbocycles. The highest BCUT2D eigenvalue weighted by Crippen LogP contribution is 2.40. The molecular weight excluding hydrogens is 426 g/mol. The number of esters is 1. The molecule has 1 aromatic heterocycles. The summed E-state index contributed by atoms with van der Waals surface area (Å²) in [5.74, 6) is -0.139. The number of para-hydroxylation sites is 3. The van der Waals surface area contributed by atoms with Crippen LogP contribution in [0.1, 0.15) is 30.9 Å². The van der Waals surface area contributed by atoms with Gasteiger partial charge in [0.05, 0.1) is 22.7 Å². The maximum atomic E-state index is 12.4. The number of aromatic nitrogens is 2. The van der Waals surface area contributed by atoms with Crippen LogP contribution in [0, 0.1) is 10.1 Å². The molecule has 0 bridgehead atoms. The van der Waals surface area contributed by atoms with E-state index in [1.165, 1.54) is 6.07 Å². The Kier molecular flexibility index (Phi) is 6.63. The van der Waals surface area contributed by atoms with Crippen LogP contribution in [0.15, 0.2) is 60.7 Å². The fourth-order valence-corrected chi connectivity index (χ4v) is 3.31. The predicted octanol–water partition coefficient (Wildman–Crippen LogP) is 3.64. The Morgan fingerprint density at radius 2 is 1.85 bits per heavy atom. The van der Waals surface area contributed by atoms with Gasteiger partial charge in [-0.15, -0.1) is 0 Å². The molecule has 1 fully saturated rings. The van der Waals surface area contributed by atoms with Crippen molar-refractivity contribution in [1.29, 1.82) is 0 Å². The summed E-state index contributed by atoms with van der Waals surface area (Å²) in [4.78, 5) is 34.9. The van der Waals surface area contributed by atoms with Gasteiger partial charge < -0.3 is 15.4 Å². The third-order valence-electron chi connectivity index (χ3n) is 5.10. The van der Waals surface area contributed by atoms with Gasteiger partial charge in [-0.2, -0.15) is 5.10 Å².